The fourth-order valence-electron chi connectivity index (χ4n) is 2.77. The minimum absolute atomic E-state index is 0.0270. The van der Waals surface area contributed by atoms with E-state index in [4.69, 9.17) is 4.74 Å². The van der Waals surface area contributed by atoms with Crippen LogP contribution < -0.4 is 4.72 Å². The van der Waals surface area contributed by atoms with Crippen LogP contribution in [-0.2, 0) is 20.5 Å². The van der Waals surface area contributed by atoms with Crippen LogP contribution in [0.2, 0.25) is 0 Å². The third-order valence-corrected chi connectivity index (χ3v) is 6.11. The summed E-state index contributed by atoms with van der Waals surface area (Å²) in [5.41, 5.74) is 0. The van der Waals surface area contributed by atoms with E-state index in [9.17, 15) is 22.2 Å². The Morgan fingerprint density at radius 1 is 1.00 bits per heavy atom. The number of alkyl halides is 3. The van der Waals surface area contributed by atoms with Gasteiger partial charge in [0.1, 0.15) is 6.04 Å². The lowest BCUT2D eigenvalue weighted by molar-refractivity contribution is -0.180. The van der Waals surface area contributed by atoms with Crippen LogP contribution in [0.4, 0.5) is 13.2 Å². The van der Waals surface area contributed by atoms with Crippen LogP contribution in [0, 0.1) is 11.8 Å². The average molecular weight is 444 g/mol. The van der Waals surface area contributed by atoms with Crippen molar-refractivity contribution in [3.8, 4) is 0 Å². The molecule has 0 aliphatic carbocycles. The maximum Gasteiger partial charge on any atom is 0.405 e. The molecule has 0 amide bonds. The first kappa shape index (κ1) is 28.4. The number of ether oxygens (including phenoxy) is 1. The van der Waals surface area contributed by atoms with E-state index in [-0.39, 0.29) is 18.9 Å². The lowest BCUT2D eigenvalue weighted by Crippen LogP contribution is -2.53. The highest BCUT2D eigenvalue weighted by atomic mass is 32.2. The zero-order chi connectivity index (χ0) is 22.7. The summed E-state index contributed by atoms with van der Waals surface area (Å²) in [6.45, 7) is 10.6. The molecule has 0 saturated carbocycles. The van der Waals surface area contributed by atoms with Crippen molar-refractivity contribution in [3.05, 3.63) is 0 Å². The molecule has 0 bridgehead atoms. The number of carbonyl (C=O) groups excluding carboxylic acids is 1. The van der Waals surface area contributed by atoms with Crippen molar-refractivity contribution in [3.63, 3.8) is 0 Å². The van der Waals surface area contributed by atoms with Crippen LogP contribution in [-0.4, -0.2) is 33.8 Å². The summed E-state index contributed by atoms with van der Waals surface area (Å²) in [5.74, 6) is -2.25. The van der Waals surface area contributed by atoms with Gasteiger partial charge >= 0.3 is 12.1 Å². The van der Waals surface area contributed by atoms with Crippen molar-refractivity contribution < 1.29 is 26.9 Å². The Balaban J connectivity index is 5.21. The molecule has 0 aromatic carbocycles. The first-order valence-electron chi connectivity index (χ1n) is 10.7. The van der Waals surface area contributed by atoms with Gasteiger partial charge in [-0.3, -0.25) is 4.79 Å². The van der Waals surface area contributed by atoms with Gasteiger partial charge in [0.15, 0.2) is 0 Å². The van der Waals surface area contributed by atoms with Gasteiger partial charge in [0, 0.05) is 0 Å². The highest BCUT2D eigenvalue weighted by molar-refractivity contribution is 7.84. The Morgan fingerprint density at radius 3 is 1.97 bits per heavy atom. The van der Waals surface area contributed by atoms with Gasteiger partial charge in [-0.05, 0) is 33.1 Å². The minimum Gasteiger partial charge on any atom is -0.465 e. The summed E-state index contributed by atoms with van der Waals surface area (Å²) < 4.78 is 60.1. The standard InChI is InChI=1S/C21H40F3NO3S/c1-7-8-9-10-11-12-13-14-17(19(26)28-15-16(2)3)18(21(22,23)24)25-29(27)20(4,5)6/h16-18,25H,7-15H2,1-6H3/t17-,18-,29-/m1/s1. The van der Waals surface area contributed by atoms with E-state index >= 15 is 0 Å². The molecule has 0 radical (unpaired) electrons. The van der Waals surface area contributed by atoms with E-state index in [0.29, 0.717) is 6.42 Å². The molecule has 0 spiro atoms. The van der Waals surface area contributed by atoms with Crippen LogP contribution >= 0.6 is 0 Å². The third kappa shape index (κ3) is 12.6. The van der Waals surface area contributed by atoms with Crippen molar-refractivity contribution in [2.45, 2.75) is 110 Å². The highest BCUT2D eigenvalue weighted by Crippen LogP contribution is 2.31. The first-order chi connectivity index (χ1) is 13.3. The minimum atomic E-state index is -4.70. The number of hydrogen-bond donors (Lipinski definition) is 1. The topological polar surface area (TPSA) is 55.4 Å². The van der Waals surface area contributed by atoms with Crippen molar-refractivity contribution in [2.24, 2.45) is 11.8 Å². The predicted octanol–water partition coefficient (Wildman–Crippen LogP) is 5.93. The Bertz CT molecular complexity index is 491. The van der Waals surface area contributed by atoms with Crippen LogP contribution in [0.15, 0.2) is 0 Å². The molecule has 29 heavy (non-hydrogen) atoms. The fraction of sp³-hybridized carbons (Fsp3) is 0.952. The van der Waals surface area contributed by atoms with Crippen LogP contribution in [0.1, 0.15) is 92.9 Å². The molecule has 1 N–H and O–H groups in total. The van der Waals surface area contributed by atoms with Crippen molar-refractivity contribution in [1.29, 1.82) is 0 Å². The summed E-state index contributed by atoms with van der Waals surface area (Å²) in [6.07, 6.45) is 2.02. The summed E-state index contributed by atoms with van der Waals surface area (Å²) >= 11 is 0. The smallest absolute Gasteiger partial charge is 0.405 e. The monoisotopic (exact) mass is 443 g/mol. The van der Waals surface area contributed by atoms with Crippen LogP contribution in [0.3, 0.4) is 0 Å². The highest BCUT2D eigenvalue weighted by Gasteiger charge is 2.49. The number of halogens is 3. The normalized spacial score (nSPS) is 15.9. The van der Waals surface area contributed by atoms with Crippen molar-refractivity contribution >= 4 is 17.0 Å². The quantitative estimate of drug-likeness (QED) is 0.268. The molecule has 4 nitrogen and oxygen atoms in total. The third-order valence-electron chi connectivity index (χ3n) is 4.53. The number of carbonyl (C=O) groups is 1. The molecule has 0 unspecified atom stereocenters. The molecule has 0 aromatic heterocycles. The van der Waals surface area contributed by atoms with Gasteiger partial charge in [-0.2, -0.15) is 13.2 Å². The van der Waals surface area contributed by atoms with E-state index in [2.05, 4.69) is 11.6 Å². The Kier molecular flexibility index (Phi) is 13.3. The van der Waals surface area contributed by atoms with Crippen molar-refractivity contribution in [2.75, 3.05) is 6.61 Å². The van der Waals surface area contributed by atoms with E-state index in [1.54, 1.807) is 20.8 Å². The van der Waals surface area contributed by atoms with E-state index in [1.807, 2.05) is 13.8 Å². The molecule has 0 rings (SSSR count). The van der Waals surface area contributed by atoms with E-state index in [1.165, 1.54) is 0 Å². The van der Waals surface area contributed by atoms with E-state index in [0.717, 1.165) is 38.5 Å². The van der Waals surface area contributed by atoms with Gasteiger partial charge in [-0.1, -0.05) is 65.7 Å². The average Bonchev–Trinajstić information content (AvgIpc) is 2.58. The second kappa shape index (κ2) is 13.6. The predicted molar refractivity (Wildman–Crippen MR) is 113 cm³/mol. The second-order valence-corrected chi connectivity index (χ2v) is 11.1. The second-order valence-electron chi connectivity index (χ2n) is 9.06. The SMILES string of the molecule is CCCCCCCCC[C@@H](C(=O)OCC(C)C)[C@@H](N[S@](=O)C(C)(C)C)C(F)(F)F. The van der Waals surface area contributed by atoms with Gasteiger partial charge in [0.25, 0.3) is 0 Å². The molecule has 0 fully saturated rings. The van der Waals surface area contributed by atoms with Crippen LogP contribution in [0.5, 0.6) is 0 Å². The molecule has 0 heterocycles. The maximum atomic E-state index is 13.8. The summed E-state index contributed by atoms with van der Waals surface area (Å²) in [5, 5.41) is 0. The van der Waals surface area contributed by atoms with Crippen LogP contribution in [0.25, 0.3) is 0 Å². The van der Waals surface area contributed by atoms with Gasteiger partial charge in [-0.25, -0.2) is 8.93 Å². The number of hydrogen-bond acceptors (Lipinski definition) is 3. The largest absolute Gasteiger partial charge is 0.465 e. The zero-order valence-electron chi connectivity index (χ0n) is 18.9. The van der Waals surface area contributed by atoms with E-state index < -0.39 is 39.8 Å². The lowest BCUT2D eigenvalue weighted by Gasteiger charge is -2.31. The Hall–Kier alpha value is -0.630. The molecule has 0 saturated heterocycles. The van der Waals surface area contributed by atoms with Gasteiger partial charge in [0.05, 0.1) is 28.3 Å². The molecular weight excluding hydrogens is 403 g/mol. The fourth-order valence-corrected chi connectivity index (χ4v) is 3.65. The number of rotatable bonds is 14. The number of esters is 1. The van der Waals surface area contributed by atoms with Gasteiger partial charge in [0.2, 0.25) is 0 Å². The molecule has 0 aliphatic rings. The van der Waals surface area contributed by atoms with Crippen molar-refractivity contribution in [1.82, 2.24) is 4.72 Å². The van der Waals surface area contributed by atoms with Gasteiger partial charge < -0.3 is 4.74 Å². The molecule has 0 aliphatic heterocycles. The number of unbranched alkanes of at least 4 members (excludes halogenated alkanes) is 6. The molecular formula is C21H40F3NO3S. The Morgan fingerprint density at radius 2 is 1.52 bits per heavy atom. The Labute approximate surface area is 177 Å². The number of nitrogens with one attached hydrogen (secondary N) is 1. The summed E-state index contributed by atoms with van der Waals surface area (Å²) in [6, 6.07) is -2.19. The molecule has 174 valence electrons. The molecule has 3 atom stereocenters. The zero-order valence-corrected chi connectivity index (χ0v) is 19.7. The molecule has 0 aromatic rings. The molecule has 8 heteroatoms. The van der Waals surface area contributed by atoms with Gasteiger partial charge in [-0.15, -0.1) is 0 Å². The lowest BCUT2D eigenvalue weighted by atomic mass is 9.93. The first-order valence-corrected chi connectivity index (χ1v) is 11.9. The summed E-state index contributed by atoms with van der Waals surface area (Å²) in [4.78, 5) is 12.5. The maximum absolute atomic E-state index is 13.8. The summed E-state index contributed by atoms with van der Waals surface area (Å²) in [7, 11) is -1.95.